The predicted molar refractivity (Wildman–Crippen MR) is 122 cm³/mol. The normalized spacial score (nSPS) is 19.2. The number of nitrogens with zero attached hydrogens (tertiary/aromatic N) is 6. The van der Waals surface area contributed by atoms with Crippen molar-refractivity contribution < 1.29 is 4.79 Å². The van der Waals surface area contributed by atoms with Crippen LogP contribution in [0.1, 0.15) is 43.3 Å². The SMILES string of the molecule is CC[C@H]1CNC(=O)N1c1nc(C)nc(NC2(c3cn(Cc4ccc(Cl)cc4)cn3)CC2)n1. The van der Waals surface area contributed by atoms with E-state index in [0.717, 1.165) is 42.1 Å². The van der Waals surface area contributed by atoms with Gasteiger partial charge in [0, 0.05) is 24.3 Å². The quantitative estimate of drug-likeness (QED) is 0.569. The van der Waals surface area contributed by atoms with Gasteiger partial charge in [-0.05, 0) is 43.9 Å². The molecule has 0 unspecified atom stereocenters. The van der Waals surface area contributed by atoms with E-state index < -0.39 is 0 Å². The zero-order valence-electron chi connectivity index (χ0n) is 18.0. The van der Waals surface area contributed by atoms with Crippen molar-refractivity contribution in [1.82, 2.24) is 29.8 Å². The molecule has 2 fully saturated rings. The van der Waals surface area contributed by atoms with Gasteiger partial charge in [-0.1, -0.05) is 30.7 Å². The van der Waals surface area contributed by atoms with Gasteiger partial charge in [-0.25, -0.2) is 9.78 Å². The number of amides is 2. The molecule has 32 heavy (non-hydrogen) atoms. The molecule has 0 bridgehead atoms. The van der Waals surface area contributed by atoms with Crippen LogP contribution in [0.4, 0.5) is 16.7 Å². The molecule has 1 aromatic carbocycles. The van der Waals surface area contributed by atoms with Gasteiger partial charge in [0.1, 0.15) is 5.82 Å². The Kier molecular flexibility index (Phi) is 5.21. The second-order valence-electron chi connectivity index (χ2n) is 8.39. The summed E-state index contributed by atoms with van der Waals surface area (Å²) in [4.78, 5) is 32.1. The molecule has 1 atom stereocenters. The van der Waals surface area contributed by atoms with E-state index in [2.05, 4.69) is 41.3 Å². The molecule has 1 saturated heterocycles. The smallest absolute Gasteiger partial charge is 0.324 e. The molecule has 0 spiro atoms. The Balaban J connectivity index is 1.35. The van der Waals surface area contributed by atoms with Gasteiger partial charge >= 0.3 is 6.03 Å². The van der Waals surface area contributed by atoms with E-state index >= 15 is 0 Å². The van der Waals surface area contributed by atoms with E-state index in [1.54, 1.807) is 4.90 Å². The number of benzene rings is 1. The molecule has 1 aliphatic carbocycles. The number of hydrogen-bond acceptors (Lipinski definition) is 6. The number of urea groups is 1. The first-order valence-corrected chi connectivity index (χ1v) is 11.2. The van der Waals surface area contributed by atoms with Crippen LogP contribution < -0.4 is 15.5 Å². The fourth-order valence-corrected chi connectivity index (χ4v) is 4.16. The van der Waals surface area contributed by atoms with Gasteiger partial charge in [0.25, 0.3) is 0 Å². The summed E-state index contributed by atoms with van der Waals surface area (Å²) in [5.41, 5.74) is 1.81. The summed E-state index contributed by atoms with van der Waals surface area (Å²) in [6.45, 7) is 5.17. The summed E-state index contributed by atoms with van der Waals surface area (Å²) in [5.74, 6) is 1.41. The molecule has 0 radical (unpaired) electrons. The average molecular weight is 453 g/mol. The Morgan fingerprint density at radius 3 is 2.72 bits per heavy atom. The number of rotatable bonds is 7. The first kappa shape index (κ1) is 20.7. The number of anilines is 2. The molecule has 5 rings (SSSR count). The highest BCUT2D eigenvalue weighted by molar-refractivity contribution is 6.30. The van der Waals surface area contributed by atoms with E-state index in [1.807, 2.05) is 44.4 Å². The third-order valence-electron chi connectivity index (χ3n) is 6.00. The van der Waals surface area contributed by atoms with Crippen LogP contribution in [0.25, 0.3) is 0 Å². The maximum Gasteiger partial charge on any atom is 0.324 e. The van der Waals surface area contributed by atoms with E-state index in [4.69, 9.17) is 11.6 Å². The van der Waals surface area contributed by atoms with Crippen molar-refractivity contribution in [3.8, 4) is 0 Å². The van der Waals surface area contributed by atoms with Crippen molar-refractivity contribution in [2.24, 2.45) is 0 Å². The van der Waals surface area contributed by atoms with E-state index in [1.165, 1.54) is 0 Å². The maximum atomic E-state index is 12.3. The second-order valence-corrected chi connectivity index (χ2v) is 8.83. The molecule has 166 valence electrons. The number of aryl methyl sites for hydroxylation is 1. The van der Waals surface area contributed by atoms with Gasteiger partial charge in [0.05, 0.1) is 23.6 Å². The van der Waals surface area contributed by atoms with Crippen molar-refractivity contribution >= 4 is 29.5 Å². The lowest BCUT2D eigenvalue weighted by Crippen LogP contribution is -2.36. The van der Waals surface area contributed by atoms with Crippen molar-refractivity contribution in [2.75, 3.05) is 16.8 Å². The van der Waals surface area contributed by atoms with Gasteiger partial charge in [0.15, 0.2) is 0 Å². The van der Waals surface area contributed by atoms with Crippen molar-refractivity contribution in [3.05, 3.63) is 58.9 Å². The highest BCUT2D eigenvalue weighted by atomic mass is 35.5. The first-order chi connectivity index (χ1) is 15.5. The number of carbonyl (C=O) groups is 1. The largest absolute Gasteiger partial charge is 0.343 e. The van der Waals surface area contributed by atoms with Gasteiger partial charge < -0.3 is 15.2 Å². The topological polar surface area (TPSA) is 101 Å². The standard InChI is InChI=1S/C22H25ClN8O/c1-3-17-10-24-21(32)31(17)20-27-14(2)26-19(28-20)29-22(8-9-22)18-12-30(13-25-18)11-15-4-6-16(23)7-5-15/h4-7,12-13,17H,3,8-11H2,1-2H3,(H,24,32)(H,26,27,28,29)/t17-/m0/s1. The van der Waals surface area contributed by atoms with Gasteiger partial charge in [-0.3, -0.25) is 4.90 Å². The molecule has 1 aliphatic heterocycles. The molecular weight excluding hydrogens is 428 g/mol. The number of nitrogens with one attached hydrogen (secondary N) is 2. The van der Waals surface area contributed by atoms with Crippen molar-refractivity contribution in [2.45, 2.75) is 51.2 Å². The molecule has 2 N–H and O–H groups in total. The Hall–Kier alpha value is -3.20. The Morgan fingerprint density at radius 1 is 1.22 bits per heavy atom. The Morgan fingerprint density at radius 2 is 2.00 bits per heavy atom. The van der Waals surface area contributed by atoms with Gasteiger partial charge in [-0.15, -0.1) is 0 Å². The Bertz CT molecular complexity index is 1140. The van der Waals surface area contributed by atoms with Crippen molar-refractivity contribution in [1.29, 1.82) is 0 Å². The van der Waals surface area contributed by atoms with Crippen LogP contribution in [-0.4, -0.2) is 43.1 Å². The summed E-state index contributed by atoms with van der Waals surface area (Å²) >= 11 is 5.98. The number of hydrogen-bond donors (Lipinski definition) is 2. The average Bonchev–Trinajstić information content (AvgIpc) is 3.21. The monoisotopic (exact) mass is 452 g/mol. The zero-order chi connectivity index (χ0) is 22.3. The number of imidazole rings is 1. The first-order valence-electron chi connectivity index (χ1n) is 10.8. The number of aromatic nitrogens is 5. The van der Waals surface area contributed by atoms with E-state index in [0.29, 0.717) is 24.3 Å². The molecule has 3 aromatic rings. The highest BCUT2D eigenvalue weighted by Crippen LogP contribution is 2.47. The maximum absolute atomic E-state index is 12.3. The molecular formula is C22H25ClN8O. The zero-order valence-corrected chi connectivity index (χ0v) is 18.8. The van der Waals surface area contributed by atoms with Crippen molar-refractivity contribution in [3.63, 3.8) is 0 Å². The van der Waals surface area contributed by atoms with Crippen LogP contribution >= 0.6 is 11.6 Å². The lowest BCUT2D eigenvalue weighted by molar-refractivity contribution is 0.251. The summed E-state index contributed by atoms with van der Waals surface area (Å²) in [5, 5.41) is 7.06. The van der Waals surface area contributed by atoms with Gasteiger partial charge in [0.2, 0.25) is 11.9 Å². The Labute approximate surface area is 191 Å². The van der Waals surface area contributed by atoms with Crippen LogP contribution in [0.5, 0.6) is 0 Å². The third-order valence-corrected chi connectivity index (χ3v) is 6.25. The summed E-state index contributed by atoms with van der Waals surface area (Å²) < 4.78 is 2.06. The number of halogens is 1. The predicted octanol–water partition coefficient (Wildman–Crippen LogP) is 3.49. The third kappa shape index (κ3) is 4.00. The molecule has 2 aliphatic rings. The fourth-order valence-electron chi connectivity index (χ4n) is 4.04. The van der Waals surface area contributed by atoms with Crippen LogP contribution in [-0.2, 0) is 12.1 Å². The molecule has 2 amide bonds. The van der Waals surface area contributed by atoms with Crippen LogP contribution in [0.2, 0.25) is 5.02 Å². The minimum Gasteiger partial charge on any atom is -0.343 e. The van der Waals surface area contributed by atoms with E-state index in [9.17, 15) is 4.79 Å². The lowest BCUT2D eigenvalue weighted by Gasteiger charge is -2.21. The van der Waals surface area contributed by atoms with Crippen LogP contribution in [0.15, 0.2) is 36.8 Å². The highest BCUT2D eigenvalue weighted by Gasteiger charge is 2.47. The minimum atomic E-state index is -0.298. The lowest BCUT2D eigenvalue weighted by atomic mass is 10.2. The molecule has 1 saturated carbocycles. The summed E-state index contributed by atoms with van der Waals surface area (Å²) in [6.07, 6.45) is 6.60. The molecule has 3 heterocycles. The minimum absolute atomic E-state index is 0.0376. The summed E-state index contributed by atoms with van der Waals surface area (Å²) in [6, 6.07) is 7.68. The van der Waals surface area contributed by atoms with Gasteiger partial charge in [-0.2, -0.15) is 15.0 Å². The number of carbonyl (C=O) groups excluding carboxylic acids is 1. The molecule has 2 aromatic heterocycles. The van der Waals surface area contributed by atoms with Crippen LogP contribution in [0, 0.1) is 6.92 Å². The van der Waals surface area contributed by atoms with E-state index in [-0.39, 0.29) is 17.6 Å². The fraction of sp³-hybridized carbons (Fsp3) is 0.409. The summed E-state index contributed by atoms with van der Waals surface area (Å²) in [7, 11) is 0. The molecule has 9 nitrogen and oxygen atoms in total. The second kappa shape index (κ2) is 8.05. The van der Waals surface area contributed by atoms with Crippen LogP contribution in [0.3, 0.4) is 0 Å². The molecule has 10 heteroatoms.